The summed E-state index contributed by atoms with van der Waals surface area (Å²) >= 11 is 0. The van der Waals surface area contributed by atoms with Gasteiger partial charge in [0.25, 0.3) is 0 Å². The zero-order valence-corrected chi connectivity index (χ0v) is 12.7. The number of rotatable bonds is 7. The maximum absolute atomic E-state index is 12.5. The number of benzene rings is 1. The highest BCUT2D eigenvalue weighted by Gasteiger charge is 2.32. The van der Waals surface area contributed by atoms with Crippen molar-refractivity contribution in [2.24, 2.45) is 5.92 Å². The van der Waals surface area contributed by atoms with Gasteiger partial charge in [-0.15, -0.1) is 0 Å². The summed E-state index contributed by atoms with van der Waals surface area (Å²) in [6, 6.07) is 8.44. The maximum Gasteiger partial charge on any atom is 0.138 e. The third-order valence-electron chi connectivity index (χ3n) is 4.19. The Bertz CT molecular complexity index is 439. The molecule has 1 aliphatic rings. The molecule has 2 heteroatoms. The highest BCUT2D eigenvalue weighted by molar-refractivity contribution is 5.81. The first-order chi connectivity index (χ1) is 9.77. The van der Waals surface area contributed by atoms with E-state index in [0.717, 1.165) is 38.7 Å². The molecule has 2 nitrogen and oxygen atoms in total. The minimum absolute atomic E-state index is 0.0238. The number of Topliss-reactive ketones (excluding diaryl/α,β-unsaturated/α-hetero) is 1. The Labute approximate surface area is 122 Å². The highest BCUT2D eigenvalue weighted by Crippen LogP contribution is 2.36. The summed E-state index contributed by atoms with van der Waals surface area (Å²) in [7, 11) is 0. The van der Waals surface area contributed by atoms with E-state index < -0.39 is 0 Å². The predicted octanol–water partition coefficient (Wildman–Crippen LogP) is 4.48. The molecule has 0 saturated heterocycles. The molecule has 20 heavy (non-hydrogen) atoms. The van der Waals surface area contributed by atoms with Crippen LogP contribution in [0.15, 0.2) is 24.3 Å². The summed E-state index contributed by atoms with van der Waals surface area (Å²) in [6.07, 6.45) is 5.67. The number of carbonyl (C=O) groups excluding carboxylic acids is 1. The van der Waals surface area contributed by atoms with Gasteiger partial charge in [0.2, 0.25) is 0 Å². The Balaban J connectivity index is 2.19. The van der Waals surface area contributed by atoms with E-state index in [4.69, 9.17) is 4.74 Å². The van der Waals surface area contributed by atoms with Crippen LogP contribution >= 0.6 is 0 Å². The fraction of sp³-hybridized carbons (Fsp3) is 0.611. The Morgan fingerprint density at radius 3 is 2.85 bits per heavy atom. The van der Waals surface area contributed by atoms with Gasteiger partial charge in [-0.1, -0.05) is 51.0 Å². The van der Waals surface area contributed by atoms with Crippen LogP contribution < -0.4 is 0 Å². The third-order valence-corrected chi connectivity index (χ3v) is 4.19. The van der Waals surface area contributed by atoms with Gasteiger partial charge in [-0.2, -0.15) is 0 Å². The first-order valence-electron chi connectivity index (χ1n) is 8.00. The fourth-order valence-corrected chi connectivity index (χ4v) is 3.09. The van der Waals surface area contributed by atoms with E-state index >= 15 is 0 Å². The van der Waals surface area contributed by atoms with Crippen LogP contribution in [0.5, 0.6) is 0 Å². The smallest absolute Gasteiger partial charge is 0.138 e. The van der Waals surface area contributed by atoms with Crippen molar-refractivity contribution >= 4 is 5.78 Å². The number of hydrogen-bond acceptors (Lipinski definition) is 2. The lowest BCUT2D eigenvalue weighted by Crippen LogP contribution is -2.28. The van der Waals surface area contributed by atoms with Crippen molar-refractivity contribution in [2.45, 2.75) is 58.5 Å². The molecule has 2 unspecified atom stereocenters. The van der Waals surface area contributed by atoms with E-state index in [1.54, 1.807) is 0 Å². The van der Waals surface area contributed by atoms with E-state index in [9.17, 15) is 4.79 Å². The number of ether oxygens (including phenoxy) is 1. The third kappa shape index (κ3) is 3.49. The van der Waals surface area contributed by atoms with Gasteiger partial charge in [0.1, 0.15) is 5.78 Å². The summed E-state index contributed by atoms with van der Waals surface area (Å²) in [6.45, 7) is 5.02. The molecule has 0 saturated carbocycles. The van der Waals surface area contributed by atoms with Gasteiger partial charge >= 0.3 is 0 Å². The average molecular weight is 274 g/mol. The van der Waals surface area contributed by atoms with Gasteiger partial charge in [0.15, 0.2) is 0 Å². The number of unbranched alkanes of at least 4 members (excludes halogenated alkanes) is 1. The molecule has 0 amide bonds. The molecular weight excluding hydrogens is 248 g/mol. The van der Waals surface area contributed by atoms with Gasteiger partial charge in [-0.25, -0.2) is 0 Å². The zero-order chi connectivity index (χ0) is 14.4. The molecule has 2 atom stereocenters. The molecule has 0 bridgehead atoms. The van der Waals surface area contributed by atoms with Crippen molar-refractivity contribution in [3.63, 3.8) is 0 Å². The van der Waals surface area contributed by atoms with Crippen molar-refractivity contribution in [2.75, 3.05) is 6.61 Å². The lowest BCUT2D eigenvalue weighted by Gasteiger charge is -2.31. The average Bonchev–Trinajstić information content (AvgIpc) is 2.50. The molecule has 1 aliphatic heterocycles. The van der Waals surface area contributed by atoms with Crippen LogP contribution in [0.4, 0.5) is 0 Å². The predicted molar refractivity (Wildman–Crippen MR) is 81.8 cm³/mol. The van der Waals surface area contributed by atoms with Crippen LogP contribution in [0, 0.1) is 5.92 Å². The molecule has 1 heterocycles. The summed E-state index contributed by atoms with van der Waals surface area (Å²) in [5.74, 6) is 0.420. The summed E-state index contributed by atoms with van der Waals surface area (Å²) < 4.78 is 6.00. The molecular formula is C18H26O2. The molecule has 0 aliphatic carbocycles. The Morgan fingerprint density at radius 1 is 1.30 bits per heavy atom. The van der Waals surface area contributed by atoms with Crippen LogP contribution in [0.2, 0.25) is 0 Å². The van der Waals surface area contributed by atoms with E-state index in [1.807, 2.05) is 0 Å². The molecule has 1 aromatic rings. The second-order valence-electron chi connectivity index (χ2n) is 5.71. The zero-order valence-electron chi connectivity index (χ0n) is 12.7. The topological polar surface area (TPSA) is 26.3 Å². The Kier molecular flexibility index (Phi) is 5.78. The fourth-order valence-electron chi connectivity index (χ4n) is 3.09. The van der Waals surface area contributed by atoms with E-state index in [2.05, 4.69) is 38.1 Å². The minimum atomic E-state index is -0.0238. The van der Waals surface area contributed by atoms with E-state index in [-0.39, 0.29) is 12.0 Å². The first kappa shape index (κ1) is 15.2. The van der Waals surface area contributed by atoms with Crippen molar-refractivity contribution in [1.82, 2.24) is 0 Å². The Hall–Kier alpha value is -1.15. The van der Waals surface area contributed by atoms with Crippen LogP contribution in [0.1, 0.15) is 63.2 Å². The van der Waals surface area contributed by atoms with Crippen molar-refractivity contribution in [3.05, 3.63) is 35.4 Å². The highest BCUT2D eigenvalue weighted by atomic mass is 16.5. The summed E-state index contributed by atoms with van der Waals surface area (Å²) in [5, 5.41) is 0. The number of fused-ring (bicyclic) bond motifs is 1. The van der Waals surface area contributed by atoms with Crippen molar-refractivity contribution in [3.8, 4) is 0 Å². The van der Waals surface area contributed by atoms with Crippen molar-refractivity contribution < 1.29 is 9.53 Å². The second kappa shape index (κ2) is 7.58. The largest absolute Gasteiger partial charge is 0.372 e. The monoisotopic (exact) mass is 274 g/mol. The first-order valence-corrected chi connectivity index (χ1v) is 8.00. The van der Waals surface area contributed by atoms with Gasteiger partial charge in [0.05, 0.1) is 12.7 Å². The Morgan fingerprint density at radius 2 is 2.10 bits per heavy atom. The molecule has 2 rings (SSSR count). The van der Waals surface area contributed by atoms with Gasteiger partial charge in [0, 0.05) is 12.3 Å². The lowest BCUT2D eigenvalue weighted by atomic mass is 9.83. The summed E-state index contributed by atoms with van der Waals surface area (Å²) in [4.78, 5) is 12.5. The van der Waals surface area contributed by atoms with Gasteiger partial charge in [-0.05, 0) is 30.4 Å². The normalized spacial score (nSPS) is 19.4. The second-order valence-corrected chi connectivity index (χ2v) is 5.71. The van der Waals surface area contributed by atoms with Crippen LogP contribution in [-0.2, 0) is 16.0 Å². The molecule has 1 aromatic carbocycles. The minimum Gasteiger partial charge on any atom is -0.372 e. The number of carbonyl (C=O) groups is 1. The molecule has 110 valence electrons. The molecule has 0 fully saturated rings. The van der Waals surface area contributed by atoms with Crippen molar-refractivity contribution in [1.29, 1.82) is 0 Å². The van der Waals surface area contributed by atoms with Crippen LogP contribution in [0.25, 0.3) is 0 Å². The number of ketones is 1. The van der Waals surface area contributed by atoms with E-state index in [0.29, 0.717) is 12.2 Å². The molecule has 0 aromatic heterocycles. The molecule has 0 N–H and O–H groups in total. The van der Waals surface area contributed by atoms with Gasteiger partial charge < -0.3 is 4.74 Å². The maximum atomic E-state index is 12.5. The lowest BCUT2D eigenvalue weighted by molar-refractivity contribution is -0.129. The van der Waals surface area contributed by atoms with E-state index in [1.165, 1.54) is 11.1 Å². The van der Waals surface area contributed by atoms with Crippen LogP contribution in [0.3, 0.4) is 0 Å². The SMILES string of the molecule is CCCCC(=O)C(CCC)C1OCCc2ccccc21. The standard InChI is InChI=1S/C18H26O2/c1-3-5-11-17(19)16(8-4-2)18-15-10-7-6-9-14(15)12-13-20-18/h6-7,9-10,16,18H,3-5,8,11-13H2,1-2H3. The molecule has 0 radical (unpaired) electrons. The van der Waals surface area contributed by atoms with Gasteiger partial charge in [-0.3, -0.25) is 4.79 Å². The summed E-state index contributed by atoms with van der Waals surface area (Å²) in [5.41, 5.74) is 2.59. The van der Waals surface area contributed by atoms with Crippen LogP contribution in [-0.4, -0.2) is 12.4 Å². The molecule has 0 spiro atoms. The quantitative estimate of drug-likeness (QED) is 0.733. The number of hydrogen-bond donors (Lipinski definition) is 0.